The molecule has 76 valence electrons. The summed E-state index contributed by atoms with van der Waals surface area (Å²) in [6, 6.07) is 0. The van der Waals surface area contributed by atoms with Crippen molar-refractivity contribution in [2.24, 2.45) is 5.92 Å². The van der Waals surface area contributed by atoms with E-state index in [4.69, 9.17) is 9.47 Å². The number of ether oxygens (including phenoxy) is 2. The van der Waals surface area contributed by atoms with E-state index in [9.17, 15) is 0 Å². The summed E-state index contributed by atoms with van der Waals surface area (Å²) in [6.07, 6.45) is 7.17. The van der Waals surface area contributed by atoms with E-state index in [0.29, 0.717) is 5.92 Å². The normalized spacial score (nSPS) is 32.5. The Bertz CT molecular complexity index is 164. The van der Waals surface area contributed by atoms with Crippen LogP contribution in [0.25, 0.3) is 0 Å². The molecule has 0 aromatic rings. The van der Waals surface area contributed by atoms with Crippen LogP contribution in [0.15, 0.2) is 0 Å². The van der Waals surface area contributed by atoms with Crippen LogP contribution in [0.5, 0.6) is 0 Å². The first-order chi connectivity index (χ1) is 6.37. The van der Waals surface area contributed by atoms with Crippen LogP contribution < -0.4 is 0 Å². The molecule has 0 bridgehead atoms. The maximum atomic E-state index is 5.81. The van der Waals surface area contributed by atoms with Gasteiger partial charge >= 0.3 is 0 Å². The van der Waals surface area contributed by atoms with Crippen LogP contribution in [0.2, 0.25) is 0 Å². The first-order valence-electron chi connectivity index (χ1n) is 5.14. The smallest absolute Gasteiger partial charge is 0.172 e. The first kappa shape index (κ1) is 9.81. The van der Waals surface area contributed by atoms with Crippen molar-refractivity contribution in [3.05, 3.63) is 0 Å². The Morgan fingerprint density at radius 2 is 2.08 bits per heavy atom. The van der Waals surface area contributed by atoms with E-state index < -0.39 is 0 Å². The first-order valence-corrected chi connectivity index (χ1v) is 6.54. The highest BCUT2D eigenvalue weighted by molar-refractivity contribution is 7.98. The van der Waals surface area contributed by atoms with Crippen LogP contribution in [0, 0.1) is 5.92 Å². The van der Waals surface area contributed by atoms with Gasteiger partial charge in [-0.1, -0.05) is 6.42 Å². The van der Waals surface area contributed by atoms with Gasteiger partial charge in [-0.2, -0.15) is 11.8 Å². The lowest BCUT2D eigenvalue weighted by Crippen LogP contribution is -2.43. The summed E-state index contributed by atoms with van der Waals surface area (Å²) in [5.74, 6) is 1.63. The molecule has 2 fully saturated rings. The van der Waals surface area contributed by atoms with E-state index >= 15 is 0 Å². The Balaban J connectivity index is 2.03. The molecule has 0 N–H and O–H groups in total. The molecule has 0 aromatic carbocycles. The van der Waals surface area contributed by atoms with Crippen molar-refractivity contribution < 1.29 is 9.47 Å². The van der Waals surface area contributed by atoms with E-state index in [1.165, 1.54) is 25.0 Å². The van der Waals surface area contributed by atoms with Crippen molar-refractivity contribution in [1.82, 2.24) is 0 Å². The molecule has 0 amide bonds. The van der Waals surface area contributed by atoms with Gasteiger partial charge in [0.25, 0.3) is 0 Å². The maximum absolute atomic E-state index is 5.81. The molecule has 1 saturated heterocycles. The highest BCUT2D eigenvalue weighted by Crippen LogP contribution is 2.41. The van der Waals surface area contributed by atoms with Crippen LogP contribution in [0.4, 0.5) is 0 Å². The largest absolute Gasteiger partial charge is 0.347 e. The lowest BCUT2D eigenvalue weighted by atomic mass is 9.84. The summed E-state index contributed by atoms with van der Waals surface area (Å²) in [5.41, 5.74) is 0. The zero-order valence-electron chi connectivity index (χ0n) is 8.25. The quantitative estimate of drug-likeness (QED) is 0.684. The highest BCUT2D eigenvalue weighted by atomic mass is 32.2. The van der Waals surface area contributed by atoms with Gasteiger partial charge in [-0.25, -0.2) is 0 Å². The van der Waals surface area contributed by atoms with Crippen LogP contribution in [-0.2, 0) is 9.47 Å². The Labute approximate surface area is 84.4 Å². The molecule has 0 aromatic heterocycles. The molecule has 1 spiro atoms. The second-order valence-corrected chi connectivity index (χ2v) is 4.82. The van der Waals surface area contributed by atoms with E-state index in [-0.39, 0.29) is 5.79 Å². The second-order valence-electron chi connectivity index (χ2n) is 3.91. The summed E-state index contributed by atoms with van der Waals surface area (Å²) in [4.78, 5) is 0. The summed E-state index contributed by atoms with van der Waals surface area (Å²) >= 11 is 1.91. The Kier molecular flexibility index (Phi) is 3.17. The molecule has 2 rings (SSSR count). The van der Waals surface area contributed by atoms with E-state index in [2.05, 4.69) is 6.26 Å². The summed E-state index contributed by atoms with van der Waals surface area (Å²) in [5, 5.41) is 0. The van der Waals surface area contributed by atoms with Crippen LogP contribution in [-0.4, -0.2) is 31.0 Å². The topological polar surface area (TPSA) is 18.5 Å². The maximum Gasteiger partial charge on any atom is 0.172 e. The summed E-state index contributed by atoms with van der Waals surface area (Å²) < 4.78 is 11.6. The minimum absolute atomic E-state index is 0.179. The molecule has 1 aliphatic carbocycles. The van der Waals surface area contributed by atoms with E-state index in [0.717, 1.165) is 19.6 Å². The molecule has 1 saturated carbocycles. The number of hydrogen-bond donors (Lipinski definition) is 0. The molecule has 13 heavy (non-hydrogen) atoms. The Morgan fingerprint density at radius 3 is 2.77 bits per heavy atom. The van der Waals surface area contributed by atoms with Gasteiger partial charge in [-0.3, -0.25) is 0 Å². The molecule has 2 nitrogen and oxygen atoms in total. The average molecular weight is 202 g/mol. The van der Waals surface area contributed by atoms with Gasteiger partial charge in [0, 0.05) is 18.1 Å². The minimum atomic E-state index is -0.179. The Hall–Kier alpha value is 0.270. The molecule has 2 aliphatic rings. The van der Waals surface area contributed by atoms with Gasteiger partial charge in [0.05, 0.1) is 13.2 Å². The van der Waals surface area contributed by atoms with Gasteiger partial charge in [0.15, 0.2) is 5.79 Å². The van der Waals surface area contributed by atoms with Gasteiger partial charge in [-0.05, 0) is 19.1 Å². The van der Waals surface area contributed by atoms with Gasteiger partial charge in [0.1, 0.15) is 0 Å². The monoisotopic (exact) mass is 202 g/mol. The van der Waals surface area contributed by atoms with Crippen molar-refractivity contribution in [2.75, 3.05) is 25.2 Å². The predicted octanol–water partition coefficient (Wildman–Crippen LogP) is 2.28. The van der Waals surface area contributed by atoms with E-state index in [1.54, 1.807) is 0 Å². The average Bonchev–Trinajstić information content (AvgIpc) is 2.59. The minimum Gasteiger partial charge on any atom is -0.347 e. The molecular formula is C10H18O2S. The van der Waals surface area contributed by atoms with Crippen molar-refractivity contribution in [1.29, 1.82) is 0 Å². The lowest BCUT2D eigenvalue weighted by molar-refractivity contribution is -0.206. The van der Waals surface area contributed by atoms with Crippen molar-refractivity contribution >= 4 is 11.8 Å². The van der Waals surface area contributed by atoms with E-state index in [1.807, 2.05) is 11.8 Å². The molecule has 0 radical (unpaired) electrons. The molecular weight excluding hydrogens is 184 g/mol. The van der Waals surface area contributed by atoms with Gasteiger partial charge in [0.2, 0.25) is 0 Å². The zero-order chi connectivity index (χ0) is 9.15. The van der Waals surface area contributed by atoms with Crippen LogP contribution >= 0.6 is 11.8 Å². The summed E-state index contributed by atoms with van der Waals surface area (Å²) in [7, 11) is 0. The van der Waals surface area contributed by atoms with Gasteiger partial charge < -0.3 is 9.47 Å². The molecule has 1 heterocycles. The molecule has 3 heteroatoms. The van der Waals surface area contributed by atoms with Crippen molar-refractivity contribution in [3.8, 4) is 0 Å². The fourth-order valence-corrected chi connectivity index (χ4v) is 3.27. The third kappa shape index (κ3) is 1.88. The number of rotatable bonds is 2. The SMILES string of the molecule is CSCC1CCCCC12OCCO2. The molecule has 1 aliphatic heterocycles. The molecule has 1 unspecified atom stereocenters. The molecule has 1 atom stereocenters. The second kappa shape index (κ2) is 4.20. The zero-order valence-corrected chi connectivity index (χ0v) is 9.07. The lowest BCUT2D eigenvalue weighted by Gasteiger charge is -2.39. The fraction of sp³-hybridized carbons (Fsp3) is 1.00. The fourth-order valence-electron chi connectivity index (χ4n) is 2.45. The van der Waals surface area contributed by atoms with Crippen molar-refractivity contribution in [2.45, 2.75) is 31.5 Å². The highest BCUT2D eigenvalue weighted by Gasteiger charge is 2.45. The van der Waals surface area contributed by atoms with Gasteiger partial charge in [-0.15, -0.1) is 0 Å². The van der Waals surface area contributed by atoms with Crippen molar-refractivity contribution in [3.63, 3.8) is 0 Å². The Morgan fingerprint density at radius 1 is 1.31 bits per heavy atom. The number of hydrogen-bond acceptors (Lipinski definition) is 3. The standard InChI is InChI=1S/C10H18O2S/c1-13-8-9-4-2-3-5-10(9)11-6-7-12-10/h9H,2-8H2,1H3. The predicted molar refractivity (Wildman–Crippen MR) is 55.0 cm³/mol. The van der Waals surface area contributed by atoms with Crippen LogP contribution in [0.3, 0.4) is 0 Å². The summed E-state index contributed by atoms with van der Waals surface area (Å²) in [6.45, 7) is 1.59. The number of thioether (sulfide) groups is 1. The van der Waals surface area contributed by atoms with Crippen LogP contribution in [0.1, 0.15) is 25.7 Å². The third-order valence-corrected chi connectivity index (χ3v) is 3.83. The third-order valence-electron chi connectivity index (χ3n) is 3.09.